The number of hydrogen-bond donors (Lipinski definition) is 0. The number of nitrogens with zero attached hydrogens (tertiary/aromatic N) is 2. The summed E-state index contributed by atoms with van der Waals surface area (Å²) in [5.41, 5.74) is 2.55. The van der Waals surface area contributed by atoms with E-state index in [1.54, 1.807) is 11.3 Å². The van der Waals surface area contributed by atoms with Gasteiger partial charge < -0.3 is 4.90 Å². The first-order valence-electron chi connectivity index (χ1n) is 9.41. The minimum atomic E-state index is -0.191. The van der Waals surface area contributed by atoms with Crippen molar-refractivity contribution >= 4 is 17.2 Å². The zero-order valence-electron chi connectivity index (χ0n) is 14.4. The molecule has 1 spiro atoms. The maximum absolute atomic E-state index is 13.4. The first kappa shape index (κ1) is 15.6. The molecular formula is C21H24N2OS. The van der Waals surface area contributed by atoms with Crippen LogP contribution in [0.25, 0.3) is 0 Å². The van der Waals surface area contributed by atoms with Crippen molar-refractivity contribution < 1.29 is 4.79 Å². The maximum atomic E-state index is 13.4. The predicted octanol–water partition coefficient (Wildman–Crippen LogP) is 3.73. The molecule has 130 valence electrons. The largest absolute Gasteiger partial charge is 0.340 e. The van der Waals surface area contributed by atoms with Crippen LogP contribution >= 0.6 is 11.3 Å². The smallest absolute Gasteiger partial charge is 0.243 e. The summed E-state index contributed by atoms with van der Waals surface area (Å²) in [5, 5.41) is 4.44. The van der Waals surface area contributed by atoms with E-state index in [0.29, 0.717) is 17.9 Å². The fourth-order valence-corrected chi connectivity index (χ4v) is 6.17. The van der Waals surface area contributed by atoms with Crippen molar-refractivity contribution in [3.63, 3.8) is 0 Å². The Balaban J connectivity index is 1.36. The fraction of sp³-hybridized carbons (Fsp3) is 0.476. The third-order valence-corrected chi connectivity index (χ3v) is 7.27. The maximum Gasteiger partial charge on any atom is 0.243 e. The molecule has 0 aliphatic carbocycles. The lowest BCUT2D eigenvalue weighted by molar-refractivity contribution is -0.136. The molecule has 3 aliphatic heterocycles. The zero-order valence-corrected chi connectivity index (χ0v) is 15.3. The standard InChI is InChI=1S/C21H24N2OS/c24-20-21-9-4-10-23(21)19(17-8-12-25-15-17)13-18(21)14-22(20)11-7-16-5-2-1-3-6-16/h1-3,5-6,8,12,15,18-19H,4,7,9-11,13-14H2/t18-,19-,21-/m0/s1. The average molecular weight is 353 g/mol. The predicted molar refractivity (Wildman–Crippen MR) is 101 cm³/mol. The lowest BCUT2D eigenvalue weighted by Gasteiger charge is -2.33. The van der Waals surface area contributed by atoms with Gasteiger partial charge in [0.1, 0.15) is 5.54 Å². The van der Waals surface area contributed by atoms with E-state index in [-0.39, 0.29) is 5.54 Å². The van der Waals surface area contributed by atoms with E-state index >= 15 is 0 Å². The average Bonchev–Trinajstić information content (AvgIpc) is 3.38. The Hall–Kier alpha value is -1.65. The second kappa shape index (κ2) is 5.96. The number of hydrogen-bond acceptors (Lipinski definition) is 3. The summed E-state index contributed by atoms with van der Waals surface area (Å²) >= 11 is 1.77. The van der Waals surface area contributed by atoms with Gasteiger partial charge in [-0.05, 0) is 60.2 Å². The van der Waals surface area contributed by atoms with Crippen molar-refractivity contribution in [1.82, 2.24) is 9.80 Å². The third-order valence-electron chi connectivity index (χ3n) is 6.57. The molecule has 0 unspecified atom stereocenters. The molecule has 3 aliphatic rings. The van der Waals surface area contributed by atoms with Crippen LogP contribution in [0.1, 0.15) is 36.4 Å². The Labute approximate surface area is 153 Å². The summed E-state index contributed by atoms with van der Waals surface area (Å²) in [7, 11) is 0. The highest BCUT2D eigenvalue weighted by Crippen LogP contribution is 2.56. The Bertz CT molecular complexity index is 759. The van der Waals surface area contributed by atoms with Gasteiger partial charge in [0.25, 0.3) is 0 Å². The van der Waals surface area contributed by atoms with E-state index in [0.717, 1.165) is 45.3 Å². The van der Waals surface area contributed by atoms with Gasteiger partial charge in [-0.2, -0.15) is 11.3 Å². The molecule has 2 aromatic rings. The van der Waals surface area contributed by atoms with Crippen LogP contribution in [-0.2, 0) is 11.2 Å². The highest BCUT2D eigenvalue weighted by molar-refractivity contribution is 7.07. The van der Waals surface area contributed by atoms with Gasteiger partial charge in [-0.15, -0.1) is 0 Å². The second-order valence-electron chi connectivity index (χ2n) is 7.71. The van der Waals surface area contributed by atoms with Crippen LogP contribution in [0, 0.1) is 5.92 Å². The van der Waals surface area contributed by atoms with Gasteiger partial charge in [-0.3, -0.25) is 9.69 Å². The molecule has 4 heterocycles. The molecule has 0 radical (unpaired) electrons. The van der Waals surface area contributed by atoms with Gasteiger partial charge in [-0.25, -0.2) is 0 Å². The van der Waals surface area contributed by atoms with Gasteiger partial charge >= 0.3 is 0 Å². The van der Waals surface area contributed by atoms with E-state index < -0.39 is 0 Å². The molecule has 3 saturated heterocycles. The minimum absolute atomic E-state index is 0.191. The molecule has 25 heavy (non-hydrogen) atoms. The molecule has 1 aromatic heterocycles. The molecule has 1 amide bonds. The molecule has 0 N–H and O–H groups in total. The zero-order chi connectivity index (χ0) is 16.9. The lowest BCUT2D eigenvalue weighted by atomic mass is 9.85. The molecule has 3 fully saturated rings. The fourth-order valence-electron chi connectivity index (χ4n) is 5.46. The van der Waals surface area contributed by atoms with Crippen molar-refractivity contribution in [2.24, 2.45) is 5.92 Å². The van der Waals surface area contributed by atoms with Crippen molar-refractivity contribution in [1.29, 1.82) is 0 Å². The highest BCUT2D eigenvalue weighted by atomic mass is 32.1. The minimum Gasteiger partial charge on any atom is -0.340 e. The van der Waals surface area contributed by atoms with Crippen molar-refractivity contribution in [2.75, 3.05) is 19.6 Å². The lowest BCUT2D eigenvalue weighted by Crippen LogP contribution is -2.49. The Morgan fingerprint density at radius 2 is 2.08 bits per heavy atom. The van der Waals surface area contributed by atoms with Crippen molar-refractivity contribution in [3.05, 3.63) is 58.3 Å². The number of amides is 1. The van der Waals surface area contributed by atoms with Crippen LogP contribution < -0.4 is 0 Å². The third kappa shape index (κ3) is 2.31. The number of rotatable bonds is 4. The first-order chi connectivity index (χ1) is 12.3. The summed E-state index contributed by atoms with van der Waals surface area (Å²) in [6.07, 6.45) is 4.32. The summed E-state index contributed by atoms with van der Waals surface area (Å²) in [5.74, 6) is 0.909. The van der Waals surface area contributed by atoms with Crippen LogP contribution in [-0.4, -0.2) is 40.9 Å². The topological polar surface area (TPSA) is 23.6 Å². The quantitative estimate of drug-likeness (QED) is 0.837. The number of benzene rings is 1. The van der Waals surface area contributed by atoms with Gasteiger partial charge in [0.2, 0.25) is 5.91 Å². The van der Waals surface area contributed by atoms with E-state index in [9.17, 15) is 4.79 Å². The SMILES string of the molecule is O=C1N(CCc2ccccc2)C[C@@H]2C[C@@H](c3ccsc3)N3CCC[C@@]123. The van der Waals surface area contributed by atoms with Crippen molar-refractivity contribution in [2.45, 2.75) is 37.3 Å². The van der Waals surface area contributed by atoms with Crippen LogP contribution in [0.5, 0.6) is 0 Å². The number of carbonyl (C=O) groups is 1. The van der Waals surface area contributed by atoms with Crippen LogP contribution in [0.3, 0.4) is 0 Å². The molecule has 0 saturated carbocycles. The molecule has 5 rings (SSSR count). The summed E-state index contributed by atoms with van der Waals surface area (Å²) in [6.45, 7) is 2.89. The molecule has 3 nitrogen and oxygen atoms in total. The Morgan fingerprint density at radius 3 is 2.88 bits per heavy atom. The number of carbonyl (C=O) groups excluding carboxylic acids is 1. The van der Waals surface area contributed by atoms with Gasteiger partial charge in [-0.1, -0.05) is 30.3 Å². The monoisotopic (exact) mass is 352 g/mol. The first-order valence-corrected chi connectivity index (χ1v) is 10.4. The van der Waals surface area contributed by atoms with Crippen LogP contribution in [0.4, 0.5) is 0 Å². The molecule has 4 heteroatoms. The molecule has 3 atom stereocenters. The molecule has 1 aromatic carbocycles. The molecular weight excluding hydrogens is 328 g/mol. The van der Waals surface area contributed by atoms with E-state index in [2.05, 4.69) is 57.0 Å². The summed E-state index contributed by atoms with van der Waals surface area (Å²) in [6, 6.07) is 13.2. The molecule has 0 bridgehead atoms. The van der Waals surface area contributed by atoms with E-state index in [4.69, 9.17) is 0 Å². The normalized spacial score (nSPS) is 31.5. The number of thiophene rings is 1. The second-order valence-corrected chi connectivity index (χ2v) is 8.49. The Kier molecular flexibility index (Phi) is 3.72. The van der Waals surface area contributed by atoms with Gasteiger partial charge in [0.15, 0.2) is 0 Å². The number of likely N-dealkylation sites (tertiary alicyclic amines) is 1. The Morgan fingerprint density at radius 1 is 1.20 bits per heavy atom. The van der Waals surface area contributed by atoms with E-state index in [1.807, 2.05) is 0 Å². The van der Waals surface area contributed by atoms with Crippen LogP contribution in [0.15, 0.2) is 47.2 Å². The summed E-state index contributed by atoms with van der Waals surface area (Å²) < 4.78 is 0. The summed E-state index contributed by atoms with van der Waals surface area (Å²) in [4.78, 5) is 18.1. The van der Waals surface area contributed by atoms with Gasteiger partial charge in [0, 0.05) is 25.0 Å². The van der Waals surface area contributed by atoms with Crippen LogP contribution in [0.2, 0.25) is 0 Å². The van der Waals surface area contributed by atoms with Gasteiger partial charge in [0.05, 0.1) is 0 Å². The van der Waals surface area contributed by atoms with Crippen molar-refractivity contribution in [3.8, 4) is 0 Å². The highest BCUT2D eigenvalue weighted by Gasteiger charge is 2.64. The van der Waals surface area contributed by atoms with E-state index in [1.165, 1.54) is 11.1 Å².